The van der Waals surface area contributed by atoms with Crippen LogP contribution in [0.2, 0.25) is 0 Å². The first-order chi connectivity index (χ1) is 8.72. The fourth-order valence-corrected chi connectivity index (χ4v) is 1.34. The molecule has 0 aliphatic heterocycles. The third-order valence-corrected chi connectivity index (χ3v) is 2.23. The van der Waals surface area contributed by atoms with Crippen molar-refractivity contribution >= 4 is 11.8 Å². The van der Waals surface area contributed by atoms with Crippen LogP contribution in [-0.4, -0.2) is 25.0 Å². The largest absolute Gasteiger partial charge is 0.381 e. The standard InChI is InChI=1S/C13H18N2O3/c1-2-18-9-8-12(16)14-15-13(17)10-11-6-4-3-5-7-11/h3-7H,2,8-10H2,1H3,(H,14,16)(H,15,17). The quantitative estimate of drug-likeness (QED) is 0.580. The molecule has 5 nitrogen and oxygen atoms in total. The van der Waals surface area contributed by atoms with E-state index in [1.807, 2.05) is 37.3 Å². The summed E-state index contributed by atoms with van der Waals surface area (Å²) in [5, 5.41) is 0. The Bertz CT molecular complexity index is 379. The number of nitrogens with one attached hydrogen (secondary N) is 2. The summed E-state index contributed by atoms with van der Waals surface area (Å²) in [5.74, 6) is -0.504. The molecule has 0 unspecified atom stereocenters. The van der Waals surface area contributed by atoms with Crippen LogP contribution in [0.4, 0.5) is 0 Å². The highest BCUT2D eigenvalue weighted by Gasteiger charge is 2.05. The van der Waals surface area contributed by atoms with Gasteiger partial charge in [-0.2, -0.15) is 0 Å². The van der Waals surface area contributed by atoms with Gasteiger partial charge in [-0.15, -0.1) is 0 Å². The van der Waals surface area contributed by atoms with Crippen molar-refractivity contribution in [3.8, 4) is 0 Å². The zero-order valence-corrected chi connectivity index (χ0v) is 10.4. The number of carbonyl (C=O) groups is 2. The average molecular weight is 250 g/mol. The number of benzene rings is 1. The molecule has 0 heterocycles. The normalized spacial score (nSPS) is 9.83. The minimum atomic E-state index is -0.259. The second kappa shape index (κ2) is 8.25. The van der Waals surface area contributed by atoms with Gasteiger partial charge in [-0.3, -0.25) is 20.4 Å². The summed E-state index contributed by atoms with van der Waals surface area (Å²) >= 11 is 0. The second-order valence-corrected chi connectivity index (χ2v) is 3.71. The first-order valence-electron chi connectivity index (χ1n) is 5.91. The van der Waals surface area contributed by atoms with Gasteiger partial charge in [0.1, 0.15) is 0 Å². The minimum absolute atomic E-state index is 0.236. The topological polar surface area (TPSA) is 67.4 Å². The summed E-state index contributed by atoms with van der Waals surface area (Å²) < 4.78 is 5.03. The van der Waals surface area contributed by atoms with Crippen LogP contribution in [0.1, 0.15) is 18.9 Å². The predicted molar refractivity (Wildman–Crippen MR) is 67.5 cm³/mol. The first-order valence-corrected chi connectivity index (χ1v) is 5.91. The van der Waals surface area contributed by atoms with E-state index >= 15 is 0 Å². The summed E-state index contributed by atoms with van der Waals surface area (Å²) in [5.41, 5.74) is 5.61. The maximum absolute atomic E-state index is 11.5. The lowest BCUT2D eigenvalue weighted by atomic mass is 10.1. The molecule has 0 fully saturated rings. The summed E-state index contributed by atoms with van der Waals surface area (Å²) in [6.45, 7) is 2.80. The Morgan fingerprint density at radius 2 is 1.78 bits per heavy atom. The Morgan fingerprint density at radius 1 is 1.11 bits per heavy atom. The number of amides is 2. The van der Waals surface area contributed by atoms with Gasteiger partial charge in [0.05, 0.1) is 19.4 Å². The van der Waals surface area contributed by atoms with Gasteiger partial charge in [0.2, 0.25) is 11.8 Å². The monoisotopic (exact) mass is 250 g/mol. The van der Waals surface area contributed by atoms with Crippen molar-refractivity contribution in [1.29, 1.82) is 0 Å². The molecule has 98 valence electrons. The highest BCUT2D eigenvalue weighted by atomic mass is 16.5. The Morgan fingerprint density at radius 3 is 2.44 bits per heavy atom. The van der Waals surface area contributed by atoms with Crippen molar-refractivity contribution in [2.45, 2.75) is 19.8 Å². The van der Waals surface area contributed by atoms with Gasteiger partial charge in [-0.1, -0.05) is 30.3 Å². The van der Waals surface area contributed by atoms with Gasteiger partial charge < -0.3 is 4.74 Å². The number of rotatable bonds is 6. The molecular formula is C13H18N2O3. The third-order valence-electron chi connectivity index (χ3n) is 2.23. The molecule has 2 amide bonds. The first kappa shape index (κ1) is 14.2. The molecular weight excluding hydrogens is 232 g/mol. The van der Waals surface area contributed by atoms with Crippen LogP contribution in [0.25, 0.3) is 0 Å². The van der Waals surface area contributed by atoms with Gasteiger partial charge in [0.15, 0.2) is 0 Å². The summed E-state index contributed by atoms with van der Waals surface area (Å²) in [6, 6.07) is 9.33. The van der Waals surface area contributed by atoms with E-state index in [9.17, 15) is 9.59 Å². The molecule has 0 bridgehead atoms. The second-order valence-electron chi connectivity index (χ2n) is 3.71. The molecule has 0 aromatic heterocycles. The van der Waals surface area contributed by atoms with E-state index in [-0.39, 0.29) is 24.7 Å². The summed E-state index contributed by atoms with van der Waals surface area (Å²) in [7, 11) is 0. The van der Waals surface area contributed by atoms with Gasteiger partial charge in [-0.25, -0.2) is 0 Å². The van der Waals surface area contributed by atoms with E-state index in [1.54, 1.807) is 0 Å². The molecule has 0 spiro atoms. The highest BCUT2D eigenvalue weighted by Crippen LogP contribution is 1.98. The molecule has 0 saturated carbocycles. The zero-order chi connectivity index (χ0) is 13.2. The zero-order valence-electron chi connectivity index (χ0n) is 10.4. The molecule has 1 aromatic rings. The maximum Gasteiger partial charge on any atom is 0.242 e. The lowest BCUT2D eigenvalue weighted by Gasteiger charge is -2.07. The molecule has 1 aromatic carbocycles. The fraction of sp³-hybridized carbons (Fsp3) is 0.385. The molecule has 0 atom stereocenters. The van der Waals surface area contributed by atoms with Crippen LogP contribution >= 0.6 is 0 Å². The third kappa shape index (κ3) is 6.00. The Kier molecular flexibility index (Phi) is 6.50. The number of hydrogen-bond donors (Lipinski definition) is 2. The SMILES string of the molecule is CCOCCC(=O)NNC(=O)Cc1ccccc1. The molecule has 0 saturated heterocycles. The van der Waals surface area contributed by atoms with Crippen LogP contribution in [-0.2, 0) is 20.7 Å². The fourth-order valence-electron chi connectivity index (χ4n) is 1.34. The number of ether oxygens (including phenoxy) is 1. The van der Waals surface area contributed by atoms with Crippen LogP contribution in [0, 0.1) is 0 Å². The molecule has 5 heteroatoms. The van der Waals surface area contributed by atoms with Crippen molar-refractivity contribution in [2.24, 2.45) is 0 Å². The molecule has 0 radical (unpaired) electrons. The van der Waals surface area contributed by atoms with E-state index in [1.165, 1.54) is 0 Å². The Labute approximate surface area is 106 Å². The van der Waals surface area contributed by atoms with Crippen LogP contribution in [0.3, 0.4) is 0 Å². The molecule has 0 aliphatic carbocycles. The minimum Gasteiger partial charge on any atom is -0.381 e. The summed E-state index contributed by atoms with van der Waals surface area (Å²) in [6.07, 6.45) is 0.478. The highest BCUT2D eigenvalue weighted by molar-refractivity contribution is 5.83. The maximum atomic E-state index is 11.5. The van der Waals surface area contributed by atoms with Crippen molar-refractivity contribution in [3.05, 3.63) is 35.9 Å². The Hall–Kier alpha value is -1.88. The van der Waals surface area contributed by atoms with E-state index in [0.29, 0.717) is 13.2 Å². The smallest absolute Gasteiger partial charge is 0.242 e. The molecule has 0 aliphatic rings. The van der Waals surface area contributed by atoms with E-state index in [0.717, 1.165) is 5.56 Å². The lowest BCUT2D eigenvalue weighted by molar-refractivity contribution is -0.129. The predicted octanol–water partition coefficient (Wildman–Crippen LogP) is 0.803. The van der Waals surface area contributed by atoms with E-state index in [2.05, 4.69) is 10.9 Å². The number of hydrazine groups is 1. The van der Waals surface area contributed by atoms with Crippen molar-refractivity contribution in [3.63, 3.8) is 0 Å². The number of hydrogen-bond acceptors (Lipinski definition) is 3. The van der Waals surface area contributed by atoms with Crippen LogP contribution in [0.15, 0.2) is 30.3 Å². The van der Waals surface area contributed by atoms with Gasteiger partial charge in [0, 0.05) is 6.61 Å². The van der Waals surface area contributed by atoms with Gasteiger partial charge in [-0.05, 0) is 12.5 Å². The number of carbonyl (C=O) groups excluding carboxylic acids is 2. The molecule has 18 heavy (non-hydrogen) atoms. The van der Waals surface area contributed by atoms with Gasteiger partial charge in [0.25, 0.3) is 0 Å². The lowest BCUT2D eigenvalue weighted by Crippen LogP contribution is -2.42. The summed E-state index contributed by atoms with van der Waals surface area (Å²) in [4.78, 5) is 22.8. The van der Waals surface area contributed by atoms with Crippen molar-refractivity contribution < 1.29 is 14.3 Å². The van der Waals surface area contributed by atoms with Crippen LogP contribution in [0.5, 0.6) is 0 Å². The molecule has 2 N–H and O–H groups in total. The average Bonchev–Trinajstić information content (AvgIpc) is 2.38. The molecule has 1 rings (SSSR count). The van der Waals surface area contributed by atoms with Crippen molar-refractivity contribution in [2.75, 3.05) is 13.2 Å². The van der Waals surface area contributed by atoms with E-state index < -0.39 is 0 Å². The van der Waals surface area contributed by atoms with Crippen molar-refractivity contribution in [1.82, 2.24) is 10.9 Å². The Balaban J connectivity index is 2.19. The van der Waals surface area contributed by atoms with Gasteiger partial charge >= 0.3 is 0 Å². The van der Waals surface area contributed by atoms with Crippen LogP contribution < -0.4 is 10.9 Å². The van der Waals surface area contributed by atoms with E-state index in [4.69, 9.17) is 4.74 Å².